The quantitative estimate of drug-likeness (QED) is 0.754. The van der Waals surface area contributed by atoms with Crippen molar-refractivity contribution < 1.29 is 9.53 Å². The highest BCUT2D eigenvalue weighted by Crippen LogP contribution is 2.10. The first kappa shape index (κ1) is 14.7. The lowest BCUT2D eigenvalue weighted by Crippen LogP contribution is -2.27. The molecule has 1 unspecified atom stereocenters. The second-order valence-corrected chi connectivity index (χ2v) is 4.42. The molecule has 18 heavy (non-hydrogen) atoms. The van der Waals surface area contributed by atoms with Crippen molar-refractivity contribution >= 4 is 5.97 Å². The van der Waals surface area contributed by atoms with Crippen molar-refractivity contribution in [3.05, 3.63) is 17.5 Å². The summed E-state index contributed by atoms with van der Waals surface area (Å²) >= 11 is 0. The van der Waals surface area contributed by atoms with Crippen LogP contribution in [0.15, 0.2) is 6.20 Å². The third-order valence-corrected chi connectivity index (χ3v) is 2.90. The van der Waals surface area contributed by atoms with Crippen LogP contribution in [-0.2, 0) is 18.3 Å². The molecule has 0 fully saturated rings. The van der Waals surface area contributed by atoms with E-state index >= 15 is 0 Å². The molecule has 1 aromatic rings. The third kappa shape index (κ3) is 3.84. The van der Waals surface area contributed by atoms with E-state index in [-0.39, 0.29) is 5.97 Å². The summed E-state index contributed by atoms with van der Waals surface area (Å²) in [6.45, 7) is 7.12. The van der Waals surface area contributed by atoms with Crippen LogP contribution in [0.2, 0.25) is 0 Å². The number of aryl methyl sites for hydroxylation is 1. The van der Waals surface area contributed by atoms with Gasteiger partial charge in [0.1, 0.15) is 5.56 Å². The summed E-state index contributed by atoms with van der Waals surface area (Å²) in [4.78, 5) is 11.7. The predicted octanol–water partition coefficient (Wildman–Crippen LogP) is 1.87. The minimum absolute atomic E-state index is 0.300. The van der Waals surface area contributed by atoms with Gasteiger partial charge in [0.25, 0.3) is 0 Å². The van der Waals surface area contributed by atoms with Crippen molar-refractivity contribution in [3.63, 3.8) is 0 Å². The van der Waals surface area contributed by atoms with Gasteiger partial charge >= 0.3 is 5.97 Å². The molecule has 1 heterocycles. The number of hydrogen-bond donors (Lipinski definition) is 1. The van der Waals surface area contributed by atoms with Gasteiger partial charge in [0.15, 0.2) is 0 Å². The summed E-state index contributed by atoms with van der Waals surface area (Å²) in [6.07, 6.45) is 3.83. The molecule has 0 radical (unpaired) electrons. The Balaban J connectivity index is 2.69. The number of aromatic nitrogens is 2. The maximum atomic E-state index is 11.7. The van der Waals surface area contributed by atoms with E-state index in [1.165, 1.54) is 0 Å². The maximum absolute atomic E-state index is 11.7. The lowest BCUT2D eigenvalue weighted by atomic mass is 10.2. The zero-order valence-electron chi connectivity index (χ0n) is 11.7. The summed E-state index contributed by atoms with van der Waals surface area (Å²) < 4.78 is 6.74. The smallest absolute Gasteiger partial charge is 0.341 e. The van der Waals surface area contributed by atoms with Gasteiger partial charge in [0.05, 0.1) is 18.5 Å². The van der Waals surface area contributed by atoms with Crippen LogP contribution < -0.4 is 5.32 Å². The van der Waals surface area contributed by atoms with Crippen molar-refractivity contribution in [2.75, 3.05) is 6.61 Å². The molecule has 0 aliphatic carbocycles. The molecule has 0 bridgehead atoms. The first-order valence-corrected chi connectivity index (χ1v) is 6.51. The van der Waals surface area contributed by atoms with Gasteiger partial charge < -0.3 is 10.1 Å². The molecule has 0 aliphatic heterocycles. The number of carbonyl (C=O) groups is 1. The van der Waals surface area contributed by atoms with Gasteiger partial charge in [0, 0.05) is 19.6 Å². The SMILES string of the molecule is CCCC(C)NCc1c(C(=O)OCC)cnn1C. The zero-order valence-corrected chi connectivity index (χ0v) is 11.7. The third-order valence-electron chi connectivity index (χ3n) is 2.90. The van der Waals surface area contributed by atoms with Crippen LogP contribution >= 0.6 is 0 Å². The van der Waals surface area contributed by atoms with Crippen LogP contribution in [0, 0.1) is 0 Å². The molecule has 102 valence electrons. The average molecular weight is 253 g/mol. The summed E-state index contributed by atoms with van der Waals surface area (Å²) in [6, 6.07) is 0.431. The largest absolute Gasteiger partial charge is 0.462 e. The van der Waals surface area contributed by atoms with Gasteiger partial charge in [-0.3, -0.25) is 4.68 Å². The van der Waals surface area contributed by atoms with Crippen molar-refractivity contribution in [3.8, 4) is 0 Å². The number of carbonyl (C=O) groups excluding carboxylic acids is 1. The number of nitrogens with zero attached hydrogens (tertiary/aromatic N) is 2. The van der Waals surface area contributed by atoms with E-state index in [1.54, 1.807) is 17.8 Å². The van der Waals surface area contributed by atoms with E-state index in [4.69, 9.17) is 4.74 Å². The van der Waals surface area contributed by atoms with Crippen molar-refractivity contribution in [2.24, 2.45) is 7.05 Å². The highest BCUT2D eigenvalue weighted by atomic mass is 16.5. The molecule has 0 saturated heterocycles. The van der Waals surface area contributed by atoms with E-state index in [0.717, 1.165) is 18.5 Å². The van der Waals surface area contributed by atoms with E-state index in [9.17, 15) is 4.79 Å². The van der Waals surface area contributed by atoms with E-state index in [2.05, 4.69) is 24.3 Å². The van der Waals surface area contributed by atoms with Crippen LogP contribution in [0.25, 0.3) is 0 Å². The second kappa shape index (κ2) is 7.16. The lowest BCUT2D eigenvalue weighted by Gasteiger charge is -2.13. The normalized spacial score (nSPS) is 12.4. The number of nitrogens with one attached hydrogen (secondary N) is 1. The fourth-order valence-electron chi connectivity index (χ4n) is 1.86. The lowest BCUT2D eigenvalue weighted by molar-refractivity contribution is 0.0524. The first-order chi connectivity index (χ1) is 8.60. The summed E-state index contributed by atoms with van der Waals surface area (Å²) in [5, 5.41) is 7.52. The Kier molecular flexibility index (Phi) is 5.85. The highest BCUT2D eigenvalue weighted by Gasteiger charge is 2.17. The zero-order chi connectivity index (χ0) is 13.5. The highest BCUT2D eigenvalue weighted by molar-refractivity contribution is 5.90. The van der Waals surface area contributed by atoms with Gasteiger partial charge in [-0.2, -0.15) is 5.10 Å². The Morgan fingerprint density at radius 1 is 1.56 bits per heavy atom. The summed E-state index contributed by atoms with van der Waals surface area (Å²) in [5.41, 5.74) is 1.42. The number of hydrogen-bond acceptors (Lipinski definition) is 4. The van der Waals surface area contributed by atoms with Crippen LogP contribution in [0.4, 0.5) is 0 Å². The van der Waals surface area contributed by atoms with E-state index in [0.29, 0.717) is 24.8 Å². The number of ether oxygens (including phenoxy) is 1. The van der Waals surface area contributed by atoms with Gasteiger partial charge in [-0.15, -0.1) is 0 Å². The van der Waals surface area contributed by atoms with Crippen LogP contribution in [0.1, 0.15) is 49.7 Å². The number of rotatable bonds is 7. The molecule has 0 spiro atoms. The summed E-state index contributed by atoms with van der Waals surface area (Å²) in [5.74, 6) is -0.300. The van der Waals surface area contributed by atoms with Crippen molar-refractivity contribution in [1.82, 2.24) is 15.1 Å². The minimum Gasteiger partial charge on any atom is -0.462 e. The fourth-order valence-corrected chi connectivity index (χ4v) is 1.86. The molecule has 5 nitrogen and oxygen atoms in total. The van der Waals surface area contributed by atoms with Gasteiger partial charge in [-0.1, -0.05) is 13.3 Å². The molecular weight excluding hydrogens is 230 g/mol. The fraction of sp³-hybridized carbons (Fsp3) is 0.692. The monoisotopic (exact) mass is 253 g/mol. The van der Waals surface area contributed by atoms with Gasteiger partial charge in [-0.25, -0.2) is 4.79 Å². The molecule has 0 aliphatic rings. The molecule has 1 rings (SSSR count). The molecule has 0 saturated carbocycles. The minimum atomic E-state index is -0.300. The van der Waals surface area contributed by atoms with Gasteiger partial charge in [0.2, 0.25) is 0 Å². The number of esters is 1. The topological polar surface area (TPSA) is 56.1 Å². The van der Waals surface area contributed by atoms with E-state index < -0.39 is 0 Å². The Labute approximate surface area is 109 Å². The molecule has 1 atom stereocenters. The Morgan fingerprint density at radius 3 is 2.89 bits per heavy atom. The van der Waals surface area contributed by atoms with Crippen molar-refractivity contribution in [1.29, 1.82) is 0 Å². The molecule has 1 aromatic heterocycles. The standard InChI is InChI=1S/C13H23N3O2/c1-5-7-10(3)14-9-12-11(8-15-16(12)4)13(17)18-6-2/h8,10,14H,5-7,9H2,1-4H3. The molecule has 1 N–H and O–H groups in total. The Hall–Kier alpha value is -1.36. The molecular formula is C13H23N3O2. The summed E-state index contributed by atoms with van der Waals surface area (Å²) in [7, 11) is 1.84. The Morgan fingerprint density at radius 2 is 2.28 bits per heavy atom. The van der Waals surface area contributed by atoms with E-state index in [1.807, 2.05) is 7.05 Å². The van der Waals surface area contributed by atoms with Crippen molar-refractivity contribution in [2.45, 2.75) is 46.2 Å². The van der Waals surface area contributed by atoms with Gasteiger partial charge in [-0.05, 0) is 20.3 Å². The van der Waals surface area contributed by atoms with Crippen LogP contribution in [-0.4, -0.2) is 28.4 Å². The maximum Gasteiger partial charge on any atom is 0.341 e. The molecule has 0 amide bonds. The first-order valence-electron chi connectivity index (χ1n) is 6.51. The average Bonchev–Trinajstić information content (AvgIpc) is 2.69. The second-order valence-electron chi connectivity index (χ2n) is 4.42. The molecule has 0 aromatic carbocycles. The van der Waals surface area contributed by atoms with Crippen LogP contribution in [0.3, 0.4) is 0 Å². The molecule has 5 heteroatoms. The van der Waals surface area contributed by atoms with Crippen LogP contribution in [0.5, 0.6) is 0 Å². The Bertz CT molecular complexity index is 388. The predicted molar refractivity (Wildman–Crippen MR) is 70.4 cm³/mol.